The predicted molar refractivity (Wildman–Crippen MR) is 151 cm³/mol. The van der Waals surface area contributed by atoms with Gasteiger partial charge >= 0.3 is 5.97 Å². The second-order valence-electron chi connectivity index (χ2n) is 7.98. The minimum Gasteiger partial charge on any atom is -0.506 e. The van der Waals surface area contributed by atoms with Gasteiger partial charge in [0, 0.05) is 15.6 Å². The molecule has 0 radical (unpaired) electrons. The van der Waals surface area contributed by atoms with Crippen LogP contribution < -0.4 is 19.6 Å². The van der Waals surface area contributed by atoms with Gasteiger partial charge in [-0.05, 0) is 60.2 Å². The lowest BCUT2D eigenvalue weighted by Crippen LogP contribution is -2.40. The Kier molecular flexibility index (Phi) is 8.36. The molecule has 3 aromatic rings. The molecule has 0 saturated carbocycles. The summed E-state index contributed by atoms with van der Waals surface area (Å²) in [6.45, 7) is 3.96. The smallest absolute Gasteiger partial charge is 0.338 e. The number of aromatic hydroxyl groups is 1. The Morgan fingerprint density at radius 2 is 2.06 bits per heavy atom. The van der Waals surface area contributed by atoms with E-state index in [1.165, 1.54) is 15.9 Å². The van der Waals surface area contributed by atoms with Crippen LogP contribution in [0.1, 0.15) is 43.9 Å². The summed E-state index contributed by atoms with van der Waals surface area (Å²) in [6, 6.07) is 10.1. The number of carbonyl (C=O) groups is 1. The SMILES string of the molecule is CCCC1=C(C(=O)OCC)[C@H](c2ccccc2OC)n2c(s/c(=C/c3cc(Br)cc(I)c3O)c2=O)=N1. The molecule has 1 aliphatic rings. The Hall–Kier alpha value is -2.44. The van der Waals surface area contributed by atoms with Crippen molar-refractivity contribution in [1.82, 2.24) is 4.57 Å². The predicted octanol–water partition coefficient (Wildman–Crippen LogP) is 4.66. The van der Waals surface area contributed by atoms with Gasteiger partial charge in [-0.3, -0.25) is 9.36 Å². The van der Waals surface area contributed by atoms with E-state index in [0.29, 0.717) is 47.5 Å². The number of para-hydroxylation sites is 1. The monoisotopic (exact) mass is 682 g/mol. The molecule has 0 amide bonds. The summed E-state index contributed by atoms with van der Waals surface area (Å²) in [5.41, 5.74) is 1.79. The third-order valence-corrected chi connectivity index (χ3v) is 7.93. The summed E-state index contributed by atoms with van der Waals surface area (Å²) in [5.74, 6) is 0.134. The van der Waals surface area contributed by atoms with Crippen LogP contribution in [0.3, 0.4) is 0 Å². The van der Waals surface area contributed by atoms with Crippen molar-refractivity contribution in [2.75, 3.05) is 13.7 Å². The van der Waals surface area contributed by atoms with Crippen LogP contribution in [0.15, 0.2) is 61.9 Å². The van der Waals surface area contributed by atoms with Crippen LogP contribution in [-0.2, 0) is 9.53 Å². The molecule has 1 atom stereocenters. The number of phenolic OH excluding ortho intramolecular Hbond substituents is 1. The number of halogens is 2. The number of rotatable bonds is 7. The van der Waals surface area contributed by atoms with E-state index >= 15 is 0 Å². The van der Waals surface area contributed by atoms with Crippen molar-refractivity contribution in [3.8, 4) is 11.5 Å². The average molecular weight is 683 g/mol. The zero-order chi connectivity index (χ0) is 26.0. The van der Waals surface area contributed by atoms with E-state index < -0.39 is 12.0 Å². The number of hydrogen-bond acceptors (Lipinski definition) is 7. The number of thiazole rings is 1. The van der Waals surface area contributed by atoms with Gasteiger partial charge in [0.2, 0.25) is 0 Å². The lowest BCUT2D eigenvalue weighted by molar-refractivity contribution is -0.139. The zero-order valence-electron chi connectivity index (χ0n) is 19.9. The number of methoxy groups -OCH3 is 1. The van der Waals surface area contributed by atoms with Crippen LogP contribution in [-0.4, -0.2) is 29.4 Å². The molecule has 0 fully saturated rings. The van der Waals surface area contributed by atoms with E-state index in [4.69, 9.17) is 14.5 Å². The first-order chi connectivity index (χ1) is 17.3. The summed E-state index contributed by atoms with van der Waals surface area (Å²) >= 11 is 6.71. The molecule has 10 heteroatoms. The van der Waals surface area contributed by atoms with Crippen molar-refractivity contribution in [3.05, 3.63) is 86.5 Å². The lowest BCUT2D eigenvalue weighted by Gasteiger charge is -2.26. The third kappa shape index (κ3) is 5.03. The molecule has 7 nitrogen and oxygen atoms in total. The highest BCUT2D eigenvalue weighted by Gasteiger charge is 2.35. The maximum absolute atomic E-state index is 13.8. The van der Waals surface area contributed by atoms with Crippen molar-refractivity contribution in [1.29, 1.82) is 0 Å². The number of nitrogens with zero attached hydrogens (tertiary/aromatic N) is 2. The van der Waals surface area contributed by atoms with Crippen molar-refractivity contribution in [2.45, 2.75) is 32.7 Å². The molecule has 1 N–H and O–H groups in total. The van der Waals surface area contributed by atoms with Crippen molar-refractivity contribution >= 4 is 61.9 Å². The zero-order valence-corrected chi connectivity index (χ0v) is 24.4. The molecule has 0 saturated heterocycles. The molecular formula is C26H24BrIN2O5S. The van der Waals surface area contributed by atoms with Crippen LogP contribution >= 0.6 is 49.9 Å². The molecule has 0 aliphatic carbocycles. The minimum atomic E-state index is -0.767. The number of ether oxygens (including phenoxy) is 2. The van der Waals surface area contributed by atoms with Crippen LogP contribution in [0, 0.1) is 3.57 Å². The van der Waals surface area contributed by atoms with Crippen LogP contribution in [0.4, 0.5) is 0 Å². The summed E-state index contributed by atoms with van der Waals surface area (Å²) in [6.07, 6.45) is 2.97. The van der Waals surface area contributed by atoms with Crippen LogP contribution in [0.25, 0.3) is 6.08 Å². The molecular weight excluding hydrogens is 659 g/mol. The number of carbonyl (C=O) groups excluding carboxylic acids is 1. The van der Waals surface area contributed by atoms with Gasteiger partial charge in [0.1, 0.15) is 17.5 Å². The molecule has 1 aromatic heterocycles. The first kappa shape index (κ1) is 26.6. The second kappa shape index (κ2) is 11.3. The maximum atomic E-state index is 13.8. The minimum absolute atomic E-state index is 0.0878. The van der Waals surface area contributed by atoms with Crippen LogP contribution in [0.5, 0.6) is 11.5 Å². The highest BCUT2D eigenvalue weighted by atomic mass is 127. The number of hydrogen-bond donors (Lipinski definition) is 1. The summed E-state index contributed by atoms with van der Waals surface area (Å²) in [5, 5.41) is 10.6. The third-order valence-electron chi connectivity index (χ3n) is 5.67. The Bertz CT molecular complexity index is 1540. The molecule has 1 aliphatic heterocycles. The molecule has 36 heavy (non-hydrogen) atoms. The number of benzene rings is 2. The summed E-state index contributed by atoms with van der Waals surface area (Å²) in [7, 11) is 1.56. The fraction of sp³-hybridized carbons (Fsp3) is 0.269. The number of fused-ring (bicyclic) bond motifs is 1. The topological polar surface area (TPSA) is 90.1 Å². The second-order valence-corrected chi connectivity index (χ2v) is 11.1. The van der Waals surface area contributed by atoms with Gasteiger partial charge in [-0.1, -0.05) is 58.8 Å². The lowest BCUT2D eigenvalue weighted by atomic mass is 9.93. The summed E-state index contributed by atoms with van der Waals surface area (Å²) in [4.78, 5) is 32.3. The molecule has 0 unspecified atom stereocenters. The van der Waals surface area contributed by atoms with Crippen molar-refractivity contribution < 1.29 is 19.4 Å². The molecule has 0 bridgehead atoms. The fourth-order valence-corrected chi connectivity index (χ4v) is 6.71. The van der Waals surface area contributed by atoms with Gasteiger partial charge in [-0.2, -0.15) is 0 Å². The van der Waals surface area contributed by atoms with Gasteiger partial charge < -0.3 is 14.6 Å². The first-order valence-electron chi connectivity index (χ1n) is 11.3. The highest BCUT2D eigenvalue weighted by molar-refractivity contribution is 14.1. The fourth-order valence-electron chi connectivity index (χ4n) is 4.14. The maximum Gasteiger partial charge on any atom is 0.338 e. The average Bonchev–Trinajstić information content (AvgIpc) is 3.16. The number of allylic oxidation sites excluding steroid dienone is 1. The molecule has 188 valence electrons. The number of aromatic nitrogens is 1. The Balaban J connectivity index is 2.05. The van der Waals surface area contributed by atoms with Gasteiger partial charge in [0.05, 0.1) is 33.1 Å². The summed E-state index contributed by atoms with van der Waals surface area (Å²) < 4.78 is 14.4. The Morgan fingerprint density at radius 3 is 2.75 bits per heavy atom. The van der Waals surface area contributed by atoms with E-state index in [2.05, 4.69) is 15.9 Å². The van der Waals surface area contributed by atoms with Gasteiger partial charge in [0.15, 0.2) is 4.80 Å². The standard InChI is InChI=1S/C26H24BrIN2O5S/c1-4-8-18-21(25(33)35-5-2)22(16-9-6-7-10-19(16)34-3)30-24(32)20(36-26(30)29-18)12-14-11-15(27)13-17(28)23(14)31/h6-7,9-13,22,31H,4-5,8H2,1-3H3/b20-12+/t22-/m0/s1. The van der Waals surface area contributed by atoms with Crippen LogP contribution in [0.2, 0.25) is 0 Å². The Labute approximate surface area is 234 Å². The van der Waals surface area contributed by atoms with Gasteiger partial charge in [-0.25, -0.2) is 9.79 Å². The van der Waals surface area contributed by atoms with E-state index in [-0.39, 0.29) is 17.9 Å². The van der Waals surface area contributed by atoms with Gasteiger partial charge in [-0.15, -0.1) is 0 Å². The van der Waals surface area contributed by atoms with E-state index in [0.717, 1.165) is 10.9 Å². The first-order valence-corrected chi connectivity index (χ1v) is 14.0. The molecule has 2 aromatic carbocycles. The number of phenols is 1. The largest absolute Gasteiger partial charge is 0.506 e. The normalized spacial score (nSPS) is 15.5. The van der Waals surface area contributed by atoms with E-state index in [1.807, 2.05) is 47.7 Å². The number of esters is 1. The van der Waals surface area contributed by atoms with Crippen molar-refractivity contribution in [3.63, 3.8) is 0 Å². The van der Waals surface area contributed by atoms with Gasteiger partial charge in [0.25, 0.3) is 5.56 Å². The van der Waals surface area contributed by atoms with Crippen molar-refractivity contribution in [2.24, 2.45) is 4.99 Å². The Morgan fingerprint density at radius 1 is 1.31 bits per heavy atom. The van der Waals surface area contributed by atoms with E-state index in [9.17, 15) is 14.7 Å². The molecule has 2 heterocycles. The molecule has 4 rings (SSSR count). The quantitative estimate of drug-likeness (QED) is 0.289. The highest BCUT2D eigenvalue weighted by Crippen LogP contribution is 2.37. The van der Waals surface area contributed by atoms with E-state index in [1.54, 1.807) is 38.3 Å². The molecule has 0 spiro atoms.